The minimum absolute atomic E-state index is 0.170. The standard InChI is InChI=1S/C33H41FN2O6/c1-38-15-4-13-36-14-16-41-31-12-7-24(19-29(31)36)22-42-32-21-35-20-30(37)33(32)25-8-10-27(11-9-25)40-18-17-39-23-26-5-2-3-6-28(26)34/h2-3,5-12,19,30,32-33,35,37H,4,13-18,20-23H2,1H3/t30-,32+,33+/m1/s1. The molecule has 0 saturated carbocycles. The summed E-state index contributed by atoms with van der Waals surface area (Å²) in [6.45, 7) is 5.66. The first-order valence-electron chi connectivity index (χ1n) is 14.7. The molecule has 3 aromatic carbocycles. The predicted molar refractivity (Wildman–Crippen MR) is 159 cm³/mol. The minimum atomic E-state index is -0.574. The molecule has 0 spiro atoms. The summed E-state index contributed by atoms with van der Waals surface area (Å²) in [5.41, 5.74) is 3.68. The molecule has 0 bridgehead atoms. The minimum Gasteiger partial charge on any atom is -0.491 e. The zero-order valence-corrected chi connectivity index (χ0v) is 24.2. The van der Waals surface area contributed by atoms with Gasteiger partial charge >= 0.3 is 0 Å². The van der Waals surface area contributed by atoms with E-state index < -0.39 is 6.10 Å². The van der Waals surface area contributed by atoms with Crippen LogP contribution in [0.2, 0.25) is 0 Å². The van der Waals surface area contributed by atoms with Gasteiger partial charge in [0.25, 0.3) is 0 Å². The molecule has 1 saturated heterocycles. The Morgan fingerprint density at radius 2 is 1.86 bits per heavy atom. The average molecular weight is 581 g/mol. The topological polar surface area (TPSA) is 81.7 Å². The second-order valence-corrected chi connectivity index (χ2v) is 10.6. The lowest BCUT2D eigenvalue weighted by atomic mass is 9.85. The van der Waals surface area contributed by atoms with E-state index in [0.29, 0.717) is 50.8 Å². The third-order valence-electron chi connectivity index (χ3n) is 7.71. The van der Waals surface area contributed by atoms with Crippen LogP contribution in [-0.2, 0) is 27.4 Å². The highest BCUT2D eigenvalue weighted by Gasteiger charge is 2.34. The molecule has 9 heteroatoms. The largest absolute Gasteiger partial charge is 0.491 e. The van der Waals surface area contributed by atoms with Crippen molar-refractivity contribution in [3.63, 3.8) is 0 Å². The molecule has 3 aromatic rings. The lowest BCUT2D eigenvalue weighted by Crippen LogP contribution is -2.49. The van der Waals surface area contributed by atoms with Gasteiger partial charge in [-0.3, -0.25) is 0 Å². The van der Waals surface area contributed by atoms with E-state index in [-0.39, 0.29) is 24.4 Å². The Hall–Kier alpha value is -3.21. The molecule has 2 N–H and O–H groups in total. The van der Waals surface area contributed by atoms with Gasteiger partial charge in [-0.05, 0) is 47.9 Å². The van der Waals surface area contributed by atoms with Crippen LogP contribution in [0.5, 0.6) is 11.5 Å². The third kappa shape index (κ3) is 7.99. The van der Waals surface area contributed by atoms with Gasteiger partial charge in [0.2, 0.25) is 0 Å². The summed E-state index contributed by atoms with van der Waals surface area (Å²) < 4.78 is 42.6. The molecule has 0 aromatic heterocycles. The van der Waals surface area contributed by atoms with Gasteiger partial charge in [0.1, 0.15) is 30.5 Å². The number of anilines is 1. The van der Waals surface area contributed by atoms with Gasteiger partial charge in [-0.1, -0.05) is 36.4 Å². The summed E-state index contributed by atoms with van der Waals surface area (Å²) in [6.07, 6.45) is 0.185. The van der Waals surface area contributed by atoms with Crippen molar-refractivity contribution >= 4 is 5.69 Å². The molecule has 8 nitrogen and oxygen atoms in total. The van der Waals surface area contributed by atoms with Crippen molar-refractivity contribution in [2.45, 2.75) is 37.8 Å². The van der Waals surface area contributed by atoms with Crippen molar-refractivity contribution in [2.75, 3.05) is 64.6 Å². The van der Waals surface area contributed by atoms with E-state index in [9.17, 15) is 9.50 Å². The third-order valence-corrected chi connectivity index (χ3v) is 7.71. The summed E-state index contributed by atoms with van der Waals surface area (Å²) in [5, 5.41) is 14.2. The van der Waals surface area contributed by atoms with Crippen molar-refractivity contribution in [1.29, 1.82) is 0 Å². The molecular formula is C33H41FN2O6. The van der Waals surface area contributed by atoms with E-state index in [1.165, 1.54) is 6.07 Å². The molecule has 42 heavy (non-hydrogen) atoms. The summed E-state index contributed by atoms with van der Waals surface area (Å²) in [4.78, 5) is 2.34. The average Bonchev–Trinajstić information content (AvgIpc) is 3.01. The zero-order valence-electron chi connectivity index (χ0n) is 24.2. The Bertz CT molecular complexity index is 1260. The number of hydrogen-bond acceptors (Lipinski definition) is 8. The molecule has 0 unspecified atom stereocenters. The van der Waals surface area contributed by atoms with E-state index in [1.807, 2.05) is 36.4 Å². The fourth-order valence-electron chi connectivity index (χ4n) is 5.52. The van der Waals surface area contributed by atoms with Gasteiger partial charge in [-0.15, -0.1) is 0 Å². The van der Waals surface area contributed by atoms with Gasteiger partial charge in [0.05, 0.1) is 44.3 Å². The van der Waals surface area contributed by atoms with Crippen molar-refractivity contribution in [1.82, 2.24) is 5.32 Å². The highest BCUT2D eigenvalue weighted by atomic mass is 19.1. The molecule has 0 aliphatic carbocycles. The van der Waals surface area contributed by atoms with E-state index in [1.54, 1.807) is 25.3 Å². The monoisotopic (exact) mass is 580 g/mol. The number of aliphatic hydroxyl groups excluding tert-OH is 1. The van der Waals surface area contributed by atoms with Crippen LogP contribution in [0.25, 0.3) is 0 Å². The maximum absolute atomic E-state index is 13.7. The highest BCUT2D eigenvalue weighted by Crippen LogP contribution is 2.34. The fourth-order valence-corrected chi connectivity index (χ4v) is 5.52. The Kier molecular flexibility index (Phi) is 11.0. The quantitative estimate of drug-likeness (QED) is 0.274. The van der Waals surface area contributed by atoms with Crippen LogP contribution in [0.1, 0.15) is 29.0 Å². The molecule has 3 atom stereocenters. The number of nitrogens with zero attached hydrogens (tertiary/aromatic N) is 1. The van der Waals surface area contributed by atoms with Crippen molar-refractivity contribution in [2.24, 2.45) is 0 Å². The van der Waals surface area contributed by atoms with Gasteiger partial charge in [-0.2, -0.15) is 0 Å². The first-order chi connectivity index (χ1) is 20.6. The molecule has 1 fully saturated rings. The fraction of sp³-hybridized carbons (Fsp3) is 0.455. The molecule has 0 amide bonds. The number of nitrogens with one attached hydrogen (secondary N) is 1. The number of β-amino-alcohol motifs (C(OH)–C–C–N with tert-alkyl or cyclic N) is 1. The highest BCUT2D eigenvalue weighted by molar-refractivity contribution is 5.61. The Morgan fingerprint density at radius 1 is 1.00 bits per heavy atom. The molecule has 2 heterocycles. The van der Waals surface area contributed by atoms with Crippen LogP contribution in [0.3, 0.4) is 0 Å². The lowest BCUT2D eigenvalue weighted by Gasteiger charge is -2.36. The van der Waals surface area contributed by atoms with E-state index >= 15 is 0 Å². The molecule has 5 rings (SSSR count). The molecule has 0 radical (unpaired) electrons. The van der Waals surface area contributed by atoms with Crippen LogP contribution in [-0.4, -0.2) is 77.0 Å². The number of piperidine rings is 1. The maximum Gasteiger partial charge on any atom is 0.142 e. The smallest absolute Gasteiger partial charge is 0.142 e. The number of aliphatic hydroxyl groups is 1. The van der Waals surface area contributed by atoms with Gasteiger partial charge in [-0.25, -0.2) is 4.39 Å². The zero-order chi connectivity index (χ0) is 29.1. The predicted octanol–water partition coefficient (Wildman–Crippen LogP) is 4.29. The lowest BCUT2D eigenvalue weighted by molar-refractivity contribution is -0.0328. The van der Waals surface area contributed by atoms with Gasteiger partial charge < -0.3 is 39.0 Å². The van der Waals surface area contributed by atoms with Gasteiger partial charge in [0.15, 0.2) is 0 Å². The van der Waals surface area contributed by atoms with E-state index in [0.717, 1.165) is 48.7 Å². The van der Waals surface area contributed by atoms with Gasteiger partial charge in [0, 0.05) is 44.8 Å². The summed E-state index contributed by atoms with van der Waals surface area (Å²) >= 11 is 0. The van der Waals surface area contributed by atoms with Crippen LogP contribution >= 0.6 is 0 Å². The number of ether oxygens (including phenoxy) is 5. The second kappa shape index (κ2) is 15.3. The normalized spacial score (nSPS) is 20.2. The number of benzene rings is 3. The molecule has 2 aliphatic rings. The van der Waals surface area contributed by atoms with Crippen LogP contribution in [0.15, 0.2) is 66.7 Å². The van der Waals surface area contributed by atoms with E-state index in [4.69, 9.17) is 23.7 Å². The first-order valence-corrected chi connectivity index (χ1v) is 14.7. The van der Waals surface area contributed by atoms with Crippen molar-refractivity contribution in [3.8, 4) is 11.5 Å². The summed E-state index contributed by atoms with van der Waals surface area (Å²) in [7, 11) is 1.73. The van der Waals surface area contributed by atoms with Crippen molar-refractivity contribution in [3.05, 3.63) is 89.2 Å². The second-order valence-electron chi connectivity index (χ2n) is 10.6. The number of halogens is 1. The molecule has 2 aliphatic heterocycles. The summed E-state index contributed by atoms with van der Waals surface area (Å²) in [6, 6.07) is 20.6. The Balaban J connectivity index is 1.14. The molecule has 226 valence electrons. The van der Waals surface area contributed by atoms with Crippen LogP contribution in [0.4, 0.5) is 10.1 Å². The van der Waals surface area contributed by atoms with Crippen LogP contribution in [0, 0.1) is 5.82 Å². The number of fused-ring (bicyclic) bond motifs is 1. The Morgan fingerprint density at radius 3 is 2.69 bits per heavy atom. The van der Waals surface area contributed by atoms with Crippen LogP contribution < -0.4 is 19.7 Å². The van der Waals surface area contributed by atoms with Crippen molar-refractivity contribution < 1.29 is 33.2 Å². The first kappa shape index (κ1) is 30.3. The molecular weight excluding hydrogens is 539 g/mol. The number of rotatable bonds is 14. The Labute approximate surface area is 247 Å². The number of methoxy groups -OCH3 is 1. The van der Waals surface area contributed by atoms with E-state index in [2.05, 4.69) is 16.3 Å². The SMILES string of the molecule is COCCCN1CCOc2ccc(CO[C@H]3CNC[C@@H](O)[C@@H]3c3ccc(OCCOCc4ccccc4F)cc3)cc21. The summed E-state index contributed by atoms with van der Waals surface area (Å²) in [5.74, 6) is 1.17. The maximum atomic E-state index is 13.7. The number of hydrogen-bond donors (Lipinski definition) is 2.